The average molecular weight is 521 g/mol. The Morgan fingerprint density at radius 1 is 1.11 bits per heavy atom. The van der Waals surface area contributed by atoms with Gasteiger partial charge in [0.05, 0.1) is 28.8 Å². The molecule has 9 nitrogen and oxygen atoms in total. The number of nitrogens with zero attached hydrogens (tertiary/aromatic N) is 4. The van der Waals surface area contributed by atoms with Crippen LogP contribution >= 0.6 is 11.6 Å². The number of hydrogen-bond donors (Lipinski definition) is 2. The molecule has 0 saturated heterocycles. The van der Waals surface area contributed by atoms with E-state index < -0.39 is 11.7 Å². The molecule has 0 aliphatic heterocycles. The first-order valence-corrected chi connectivity index (χ1v) is 12.2. The number of halogens is 1. The molecule has 192 valence electrons. The van der Waals surface area contributed by atoms with Gasteiger partial charge in [-0.1, -0.05) is 17.7 Å². The zero-order chi connectivity index (χ0) is 26.7. The molecule has 0 unspecified atom stereocenters. The van der Waals surface area contributed by atoms with Gasteiger partial charge in [-0.15, -0.1) is 0 Å². The van der Waals surface area contributed by atoms with Gasteiger partial charge in [0.15, 0.2) is 0 Å². The second kappa shape index (κ2) is 10.6. The maximum absolute atomic E-state index is 12.8. The minimum absolute atomic E-state index is 0.240. The molecule has 3 heterocycles. The largest absolute Gasteiger partial charge is 0.444 e. The standard InChI is InChI=1S/C27H29ClN6O3/c1-16-8-24(33-26(36)37-27(3,4)5)32-17(2)22(16)13-30-25(35)20-11-31-34(15-20)14-18-6-7-23-19(9-18)10-21(28)12-29-23/h6-12,15H,13-14H2,1-5H3,(H,30,35)(H,32,33,36). The SMILES string of the molecule is Cc1cc(NC(=O)OC(C)(C)C)nc(C)c1CNC(=O)c1cnn(Cc2ccc3ncc(Cl)cc3c2)c1. The van der Waals surface area contributed by atoms with Crippen LogP contribution in [-0.2, 0) is 17.8 Å². The van der Waals surface area contributed by atoms with Crippen molar-refractivity contribution in [3.05, 3.63) is 81.9 Å². The Balaban J connectivity index is 1.38. The van der Waals surface area contributed by atoms with Crippen LogP contribution in [0.15, 0.2) is 48.9 Å². The number of aryl methyl sites for hydroxylation is 2. The van der Waals surface area contributed by atoms with Crippen molar-refractivity contribution in [1.82, 2.24) is 25.1 Å². The minimum atomic E-state index is -0.604. The van der Waals surface area contributed by atoms with E-state index in [2.05, 4.69) is 25.7 Å². The molecule has 0 atom stereocenters. The zero-order valence-electron chi connectivity index (χ0n) is 21.4. The van der Waals surface area contributed by atoms with Crippen molar-refractivity contribution in [3.8, 4) is 0 Å². The van der Waals surface area contributed by atoms with Crippen LogP contribution in [0.4, 0.5) is 10.6 Å². The second-order valence-electron chi connectivity index (χ2n) is 9.81. The van der Waals surface area contributed by atoms with Gasteiger partial charge in [-0.2, -0.15) is 5.10 Å². The van der Waals surface area contributed by atoms with Crippen molar-refractivity contribution in [2.45, 2.75) is 53.3 Å². The van der Waals surface area contributed by atoms with Gasteiger partial charge in [0.2, 0.25) is 0 Å². The van der Waals surface area contributed by atoms with Crippen LogP contribution < -0.4 is 10.6 Å². The number of nitrogens with one attached hydrogen (secondary N) is 2. The van der Waals surface area contributed by atoms with E-state index in [0.29, 0.717) is 35.2 Å². The highest BCUT2D eigenvalue weighted by Gasteiger charge is 2.18. The van der Waals surface area contributed by atoms with Gasteiger partial charge in [-0.05, 0) is 75.6 Å². The zero-order valence-corrected chi connectivity index (χ0v) is 22.2. The number of rotatable bonds is 6. The maximum atomic E-state index is 12.8. The number of ether oxygens (including phenoxy) is 1. The number of fused-ring (bicyclic) bond motifs is 1. The molecule has 1 aromatic carbocycles. The predicted molar refractivity (Wildman–Crippen MR) is 143 cm³/mol. The smallest absolute Gasteiger partial charge is 0.413 e. The van der Waals surface area contributed by atoms with Crippen molar-refractivity contribution in [3.63, 3.8) is 0 Å². The Morgan fingerprint density at radius 2 is 1.89 bits per heavy atom. The van der Waals surface area contributed by atoms with Crippen molar-refractivity contribution < 1.29 is 14.3 Å². The molecule has 0 fully saturated rings. The Labute approximate surface area is 220 Å². The van der Waals surface area contributed by atoms with Crippen molar-refractivity contribution >= 4 is 40.3 Å². The third-order valence-electron chi connectivity index (χ3n) is 5.56. The van der Waals surface area contributed by atoms with Crippen LogP contribution in [0, 0.1) is 13.8 Å². The number of pyridine rings is 2. The van der Waals surface area contributed by atoms with Crippen LogP contribution in [-0.4, -0.2) is 37.3 Å². The van der Waals surface area contributed by atoms with Crippen LogP contribution in [0.1, 0.15) is 53.5 Å². The van der Waals surface area contributed by atoms with Crippen molar-refractivity contribution in [1.29, 1.82) is 0 Å². The van der Waals surface area contributed by atoms with Crippen LogP contribution in [0.3, 0.4) is 0 Å². The summed E-state index contributed by atoms with van der Waals surface area (Å²) in [4.78, 5) is 33.6. The summed E-state index contributed by atoms with van der Waals surface area (Å²) in [5.41, 5.74) is 4.20. The molecule has 2 N–H and O–H groups in total. The van der Waals surface area contributed by atoms with Crippen LogP contribution in [0.2, 0.25) is 5.02 Å². The summed E-state index contributed by atoms with van der Waals surface area (Å²) in [5.74, 6) is 0.155. The van der Waals surface area contributed by atoms with Gasteiger partial charge < -0.3 is 10.1 Å². The third kappa shape index (κ3) is 6.83. The highest BCUT2D eigenvalue weighted by Crippen LogP contribution is 2.20. The van der Waals surface area contributed by atoms with E-state index in [4.69, 9.17) is 16.3 Å². The Hall–Kier alpha value is -3.98. The summed E-state index contributed by atoms with van der Waals surface area (Å²) < 4.78 is 6.99. The van der Waals surface area contributed by atoms with E-state index in [1.807, 2.05) is 38.1 Å². The Morgan fingerprint density at radius 3 is 2.62 bits per heavy atom. The number of hydrogen-bond acceptors (Lipinski definition) is 6. The van der Waals surface area contributed by atoms with Crippen LogP contribution in [0.25, 0.3) is 10.9 Å². The lowest BCUT2D eigenvalue weighted by Gasteiger charge is -2.20. The van der Waals surface area contributed by atoms with Gasteiger partial charge >= 0.3 is 6.09 Å². The molecule has 2 amide bonds. The predicted octanol–water partition coefficient (Wildman–Crippen LogP) is 5.42. The van der Waals surface area contributed by atoms with Gasteiger partial charge in [-0.3, -0.25) is 19.8 Å². The summed E-state index contributed by atoms with van der Waals surface area (Å²) in [5, 5.41) is 11.4. The third-order valence-corrected chi connectivity index (χ3v) is 5.77. The molecule has 0 aliphatic rings. The van der Waals surface area contributed by atoms with E-state index in [1.54, 1.807) is 50.1 Å². The summed E-state index contributed by atoms with van der Waals surface area (Å²) >= 11 is 6.06. The first-order valence-electron chi connectivity index (χ1n) is 11.8. The molecule has 0 spiro atoms. The fourth-order valence-electron chi connectivity index (χ4n) is 3.88. The number of carbonyl (C=O) groups excluding carboxylic acids is 2. The fourth-order valence-corrected chi connectivity index (χ4v) is 4.04. The minimum Gasteiger partial charge on any atom is -0.444 e. The molecular weight excluding hydrogens is 492 g/mol. The first-order chi connectivity index (χ1) is 17.5. The summed E-state index contributed by atoms with van der Waals surface area (Å²) in [6.45, 7) is 9.92. The van der Waals surface area contributed by atoms with Crippen molar-refractivity contribution in [2.75, 3.05) is 5.32 Å². The first kappa shape index (κ1) is 26.1. The van der Waals surface area contributed by atoms with Crippen LogP contribution in [0.5, 0.6) is 0 Å². The normalized spacial score (nSPS) is 11.4. The lowest BCUT2D eigenvalue weighted by molar-refractivity contribution is 0.0635. The number of amides is 2. The number of aromatic nitrogens is 4. The average Bonchev–Trinajstić information content (AvgIpc) is 3.25. The van der Waals surface area contributed by atoms with E-state index in [1.165, 1.54) is 0 Å². The number of benzene rings is 1. The topological polar surface area (TPSA) is 111 Å². The molecule has 0 saturated carbocycles. The highest BCUT2D eigenvalue weighted by molar-refractivity contribution is 6.31. The van der Waals surface area contributed by atoms with Gasteiger partial charge in [-0.25, -0.2) is 9.78 Å². The molecule has 4 aromatic rings. The van der Waals surface area contributed by atoms with Gasteiger partial charge in [0.1, 0.15) is 11.4 Å². The summed E-state index contributed by atoms with van der Waals surface area (Å²) in [6.07, 6.45) is 4.31. The molecule has 4 rings (SSSR count). The number of carbonyl (C=O) groups is 2. The Bertz CT molecular complexity index is 1450. The maximum Gasteiger partial charge on any atom is 0.413 e. The quantitative estimate of drug-likeness (QED) is 0.351. The molecule has 3 aromatic heterocycles. The molecular formula is C27H29ClN6O3. The molecule has 10 heteroatoms. The highest BCUT2D eigenvalue weighted by atomic mass is 35.5. The molecule has 0 bridgehead atoms. The van der Waals surface area contributed by atoms with Gasteiger partial charge in [0.25, 0.3) is 5.91 Å². The van der Waals surface area contributed by atoms with E-state index in [0.717, 1.165) is 27.6 Å². The summed E-state index contributed by atoms with van der Waals surface area (Å²) in [7, 11) is 0. The van der Waals surface area contributed by atoms with E-state index in [-0.39, 0.29) is 5.91 Å². The van der Waals surface area contributed by atoms with E-state index >= 15 is 0 Å². The Kier molecular flexibility index (Phi) is 7.45. The number of anilines is 1. The lowest BCUT2D eigenvalue weighted by Crippen LogP contribution is -2.28. The fraction of sp³-hybridized carbons (Fsp3) is 0.296. The summed E-state index contributed by atoms with van der Waals surface area (Å²) in [6, 6.07) is 9.54. The molecule has 37 heavy (non-hydrogen) atoms. The molecule has 0 radical (unpaired) electrons. The van der Waals surface area contributed by atoms with Crippen molar-refractivity contribution in [2.24, 2.45) is 0 Å². The van der Waals surface area contributed by atoms with Gasteiger partial charge in [0, 0.05) is 30.0 Å². The monoisotopic (exact) mass is 520 g/mol. The molecule has 0 aliphatic carbocycles. The second-order valence-corrected chi connectivity index (χ2v) is 10.2. The van der Waals surface area contributed by atoms with E-state index in [9.17, 15) is 9.59 Å². The lowest BCUT2D eigenvalue weighted by atomic mass is 10.1.